The summed E-state index contributed by atoms with van der Waals surface area (Å²) in [5.41, 5.74) is 0.599. The molecule has 1 saturated heterocycles. The van der Waals surface area contributed by atoms with Crippen LogP contribution in [0.3, 0.4) is 0 Å². The van der Waals surface area contributed by atoms with Gasteiger partial charge in [0.1, 0.15) is 0 Å². The van der Waals surface area contributed by atoms with Crippen molar-refractivity contribution in [3.8, 4) is 0 Å². The smallest absolute Gasteiger partial charge is 0.311 e. The van der Waals surface area contributed by atoms with E-state index in [9.17, 15) is 14.9 Å². The fourth-order valence-corrected chi connectivity index (χ4v) is 2.09. The minimum absolute atomic E-state index is 0.0149. The number of nitrogens with one attached hydrogen (secondary N) is 1. The molecule has 1 aromatic heterocycles. The molecule has 114 valence electrons. The van der Waals surface area contributed by atoms with Crippen molar-refractivity contribution in [2.75, 3.05) is 38.2 Å². The summed E-state index contributed by atoms with van der Waals surface area (Å²) in [5.74, 6) is 0.218. The Morgan fingerprint density at radius 2 is 2.19 bits per heavy atom. The van der Waals surface area contributed by atoms with Crippen molar-refractivity contribution in [2.24, 2.45) is 0 Å². The van der Waals surface area contributed by atoms with Gasteiger partial charge >= 0.3 is 5.69 Å². The maximum absolute atomic E-state index is 12.0. The van der Waals surface area contributed by atoms with Crippen molar-refractivity contribution < 1.29 is 14.5 Å². The molecule has 8 nitrogen and oxygen atoms in total. The third-order valence-electron chi connectivity index (χ3n) is 3.20. The second-order valence-electron chi connectivity index (χ2n) is 4.75. The van der Waals surface area contributed by atoms with Gasteiger partial charge in [-0.2, -0.15) is 0 Å². The van der Waals surface area contributed by atoms with E-state index >= 15 is 0 Å². The molecule has 1 N–H and O–H groups in total. The molecular weight excluding hydrogens is 276 g/mol. The van der Waals surface area contributed by atoms with Crippen molar-refractivity contribution in [2.45, 2.75) is 13.3 Å². The summed E-state index contributed by atoms with van der Waals surface area (Å²) in [6.45, 7) is 4.39. The Bertz CT molecular complexity index is 529. The Labute approximate surface area is 122 Å². The summed E-state index contributed by atoms with van der Waals surface area (Å²) >= 11 is 0. The fraction of sp³-hybridized carbons (Fsp3) is 0.538. The number of hydrogen-bond donors (Lipinski definition) is 1. The van der Waals surface area contributed by atoms with E-state index in [1.54, 1.807) is 17.9 Å². The first-order chi connectivity index (χ1) is 10.1. The minimum Gasteiger partial charge on any atom is -0.378 e. The van der Waals surface area contributed by atoms with E-state index in [1.807, 2.05) is 0 Å². The second kappa shape index (κ2) is 6.98. The van der Waals surface area contributed by atoms with Crippen LogP contribution in [0.5, 0.6) is 0 Å². The topological polar surface area (TPSA) is 97.6 Å². The third kappa shape index (κ3) is 4.12. The predicted molar refractivity (Wildman–Crippen MR) is 76.1 cm³/mol. The molecule has 0 saturated carbocycles. The molecule has 0 bridgehead atoms. The van der Waals surface area contributed by atoms with E-state index in [1.165, 1.54) is 6.07 Å². The Kier molecular flexibility index (Phi) is 5.04. The Morgan fingerprint density at radius 3 is 2.86 bits per heavy atom. The van der Waals surface area contributed by atoms with Crippen LogP contribution >= 0.6 is 0 Å². The van der Waals surface area contributed by atoms with Crippen LogP contribution in [0.2, 0.25) is 0 Å². The normalized spacial score (nSPS) is 14.8. The Balaban J connectivity index is 1.89. The van der Waals surface area contributed by atoms with Gasteiger partial charge in [0.05, 0.1) is 18.1 Å². The zero-order valence-electron chi connectivity index (χ0n) is 11.9. The van der Waals surface area contributed by atoms with Crippen molar-refractivity contribution in [3.63, 3.8) is 0 Å². The van der Waals surface area contributed by atoms with Gasteiger partial charge in [-0.25, -0.2) is 4.98 Å². The summed E-state index contributed by atoms with van der Waals surface area (Å²) in [7, 11) is 0. The van der Waals surface area contributed by atoms with E-state index in [-0.39, 0.29) is 23.8 Å². The highest BCUT2D eigenvalue weighted by molar-refractivity contribution is 5.77. The highest BCUT2D eigenvalue weighted by Crippen LogP contribution is 2.21. The summed E-state index contributed by atoms with van der Waals surface area (Å²) in [6, 6.07) is 3.00. The molecular formula is C13H18N4O4. The first kappa shape index (κ1) is 15.2. The summed E-state index contributed by atoms with van der Waals surface area (Å²) in [6.07, 6.45) is 0.271. The highest BCUT2D eigenvalue weighted by atomic mass is 16.6. The number of anilines is 1. The van der Waals surface area contributed by atoms with Gasteiger partial charge in [-0.1, -0.05) is 0 Å². The van der Waals surface area contributed by atoms with Gasteiger partial charge in [-0.3, -0.25) is 14.9 Å². The lowest BCUT2D eigenvalue weighted by atomic mass is 10.3. The maximum Gasteiger partial charge on any atom is 0.311 e. The molecule has 0 unspecified atom stereocenters. The van der Waals surface area contributed by atoms with E-state index in [0.717, 1.165) is 0 Å². The molecule has 8 heteroatoms. The first-order valence-corrected chi connectivity index (χ1v) is 6.79. The van der Waals surface area contributed by atoms with Crippen LogP contribution in [0.4, 0.5) is 11.5 Å². The van der Waals surface area contributed by atoms with Gasteiger partial charge in [0.2, 0.25) is 11.7 Å². The molecule has 0 aromatic carbocycles. The molecule has 1 aliphatic rings. The Morgan fingerprint density at radius 1 is 1.48 bits per heavy atom. The van der Waals surface area contributed by atoms with Gasteiger partial charge in [0, 0.05) is 37.8 Å². The number of nitrogens with zero attached hydrogens (tertiary/aromatic N) is 3. The Hall–Kier alpha value is -2.22. The molecule has 2 rings (SSSR count). The van der Waals surface area contributed by atoms with Gasteiger partial charge in [-0.05, 0) is 13.0 Å². The van der Waals surface area contributed by atoms with Crippen LogP contribution < -0.4 is 5.32 Å². The van der Waals surface area contributed by atoms with Crippen LogP contribution in [0.1, 0.15) is 12.1 Å². The highest BCUT2D eigenvalue weighted by Gasteiger charge is 2.18. The number of nitro groups is 1. The maximum atomic E-state index is 12.0. The summed E-state index contributed by atoms with van der Waals surface area (Å²) in [5, 5.41) is 13.8. The van der Waals surface area contributed by atoms with Gasteiger partial charge in [-0.15, -0.1) is 0 Å². The molecule has 0 spiro atoms. The van der Waals surface area contributed by atoms with Crippen molar-refractivity contribution in [1.82, 2.24) is 9.88 Å². The zero-order chi connectivity index (χ0) is 15.2. The quantitative estimate of drug-likeness (QED) is 0.641. The summed E-state index contributed by atoms with van der Waals surface area (Å²) in [4.78, 5) is 28.2. The lowest BCUT2D eigenvalue weighted by Crippen LogP contribution is -2.41. The van der Waals surface area contributed by atoms with E-state index < -0.39 is 4.92 Å². The van der Waals surface area contributed by atoms with Gasteiger partial charge < -0.3 is 15.0 Å². The molecule has 0 atom stereocenters. The number of ether oxygens (including phenoxy) is 1. The number of hydrogen-bond acceptors (Lipinski definition) is 6. The van der Waals surface area contributed by atoms with Crippen LogP contribution in [0.15, 0.2) is 12.1 Å². The molecule has 1 fully saturated rings. The number of rotatable bonds is 5. The number of pyridine rings is 1. The van der Waals surface area contributed by atoms with Crippen molar-refractivity contribution >= 4 is 17.4 Å². The molecule has 2 heterocycles. The van der Waals surface area contributed by atoms with Crippen LogP contribution in [-0.2, 0) is 9.53 Å². The number of morpholine rings is 1. The van der Waals surface area contributed by atoms with E-state index in [4.69, 9.17) is 4.74 Å². The van der Waals surface area contributed by atoms with Crippen LogP contribution in [0.25, 0.3) is 0 Å². The van der Waals surface area contributed by atoms with Gasteiger partial charge in [0.15, 0.2) is 0 Å². The number of amides is 1. The minimum atomic E-state index is -0.488. The predicted octanol–water partition coefficient (Wildman–Crippen LogP) is 0.959. The number of carbonyl (C=O) groups is 1. The number of aromatic nitrogens is 1. The van der Waals surface area contributed by atoms with E-state index in [0.29, 0.717) is 38.5 Å². The van der Waals surface area contributed by atoms with Crippen LogP contribution in [0, 0.1) is 17.0 Å². The lowest BCUT2D eigenvalue weighted by molar-refractivity contribution is -0.384. The molecule has 1 aliphatic heterocycles. The first-order valence-electron chi connectivity index (χ1n) is 6.79. The van der Waals surface area contributed by atoms with Crippen molar-refractivity contribution in [1.29, 1.82) is 0 Å². The fourth-order valence-electron chi connectivity index (χ4n) is 2.09. The lowest BCUT2D eigenvalue weighted by Gasteiger charge is -2.26. The average Bonchev–Trinajstić information content (AvgIpc) is 2.48. The molecule has 1 amide bonds. The van der Waals surface area contributed by atoms with Crippen molar-refractivity contribution in [3.05, 3.63) is 27.9 Å². The summed E-state index contributed by atoms with van der Waals surface area (Å²) < 4.78 is 5.18. The van der Waals surface area contributed by atoms with E-state index in [2.05, 4.69) is 10.3 Å². The standard InChI is InChI=1S/C13H18N4O4/c1-10-2-3-11(17(19)20)13(15-10)14-5-4-12(18)16-6-8-21-9-7-16/h2-3H,4-9H2,1H3,(H,14,15). The third-order valence-corrected chi connectivity index (χ3v) is 3.20. The number of carbonyl (C=O) groups excluding carboxylic acids is 1. The molecule has 0 aliphatic carbocycles. The second-order valence-corrected chi connectivity index (χ2v) is 4.75. The van der Waals surface area contributed by atoms with Gasteiger partial charge in [0.25, 0.3) is 0 Å². The largest absolute Gasteiger partial charge is 0.378 e. The average molecular weight is 294 g/mol. The number of aryl methyl sites for hydroxylation is 1. The zero-order valence-corrected chi connectivity index (χ0v) is 11.9. The molecule has 0 radical (unpaired) electrons. The SMILES string of the molecule is Cc1ccc([N+](=O)[O-])c(NCCC(=O)N2CCOCC2)n1. The monoisotopic (exact) mass is 294 g/mol. The molecule has 1 aromatic rings. The molecule has 21 heavy (non-hydrogen) atoms. The van der Waals surface area contributed by atoms with Crippen LogP contribution in [-0.4, -0.2) is 53.6 Å².